The predicted octanol–water partition coefficient (Wildman–Crippen LogP) is 2.97. The zero-order valence-corrected chi connectivity index (χ0v) is 13.0. The van der Waals surface area contributed by atoms with E-state index < -0.39 is 11.9 Å². The monoisotopic (exact) mass is 337 g/mol. The molecule has 1 unspecified atom stereocenters. The van der Waals surface area contributed by atoms with E-state index in [4.69, 9.17) is 0 Å². The Hall–Kier alpha value is -2.22. The SMILES string of the molecule is FC(F)(F)c1ccc(CN2CCCC(Nc3ncccn3)C2)cn1. The second-order valence-electron chi connectivity index (χ2n) is 5.84. The van der Waals surface area contributed by atoms with Gasteiger partial charge in [-0.25, -0.2) is 9.97 Å². The molecule has 2 aromatic rings. The number of pyridine rings is 1. The van der Waals surface area contributed by atoms with Gasteiger partial charge in [-0.1, -0.05) is 6.07 Å². The lowest BCUT2D eigenvalue weighted by Gasteiger charge is -2.33. The van der Waals surface area contributed by atoms with Crippen molar-refractivity contribution < 1.29 is 13.2 Å². The number of aromatic nitrogens is 3. The minimum atomic E-state index is -4.39. The lowest BCUT2D eigenvalue weighted by molar-refractivity contribution is -0.141. The molecule has 0 bridgehead atoms. The molecule has 24 heavy (non-hydrogen) atoms. The number of anilines is 1. The Morgan fingerprint density at radius 1 is 1.17 bits per heavy atom. The van der Waals surface area contributed by atoms with Crippen LogP contribution in [0.4, 0.5) is 19.1 Å². The molecule has 0 aliphatic carbocycles. The fraction of sp³-hybridized carbons (Fsp3) is 0.438. The van der Waals surface area contributed by atoms with Crippen LogP contribution in [0.15, 0.2) is 36.8 Å². The predicted molar refractivity (Wildman–Crippen MR) is 83.2 cm³/mol. The summed E-state index contributed by atoms with van der Waals surface area (Å²) < 4.78 is 37.6. The highest BCUT2D eigenvalue weighted by Crippen LogP contribution is 2.27. The molecular weight excluding hydrogens is 319 g/mol. The zero-order valence-electron chi connectivity index (χ0n) is 13.0. The van der Waals surface area contributed by atoms with Crippen LogP contribution in [0.1, 0.15) is 24.1 Å². The minimum absolute atomic E-state index is 0.226. The Morgan fingerprint density at radius 3 is 2.62 bits per heavy atom. The van der Waals surface area contributed by atoms with Gasteiger partial charge in [-0.15, -0.1) is 0 Å². The third-order valence-electron chi connectivity index (χ3n) is 3.93. The number of piperidine rings is 1. The van der Waals surface area contributed by atoms with Gasteiger partial charge < -0.3 is 5.32 Å². The first-order chi connectivity index (χ1) is 11.5. The molecule has 3 heterocycles. The van der Waals surface area contributed by atoms with Crippen LogP contribution < -0.4 is 5.32 Å². The molecule has 2 aromatic heterocycles. The molecule has 8 heteroatoms. The maximum absolute atomic E-state index is 12.5. The summed E-state index contributed by atoms with van der Waals surface area (Å²) in [5, 5.41) is 3.30. The number of halogens is 3. The number of hydrogen-bond acceptors (Lipinski definition) is 5. The fourth-order valence-electron chi connectivity index (χ4n) is 2.82. The van der Waals surface area contributed by atoms with Gasteiger partial charge in [0.1, 0.15) is 5.69 Å². The van der Waals surface area contributed by atoms with E-state index >= 15 is 0 Å². The molecule has 1 saturated heterocycles. The summed E-state index contributed by atoms with van der Waals surface area (Å²) in [6, 6.07) is 4.51. The molecule has 1 fully saturated rings. The van der Waals surface area contributed by atoms with Crippen molar-refractivity contribution in [2.24, 2.45) is 0 Å². The molecule has 1 atom stereocenters. The molecule has 3 rings (SSSR count). The molecule has 1 N–H and O–H groups in total. The zero-order chi connectivity index (χ0) is 17.0. The van der Waals surface area contributed by atoms with Gasteiger partial charge in [0.15, 0.2) is 0 Å². The highest BCUT2D eigenvalue weighted by atomic mass is 19.4. The molecule has 0 aromatic carbocycles. The first-order valence-electron chi connectivity index (χ1n) is 7.79. The van der Waals surface area contributed by atoms with Gasteiger partial charge in [-0.2, -0.15) is 13.2 Å². The van der Waals surface area contributed by atoms with Crippen molar-refractivity contribution in [3.63, 3.8) is 0 Å². The third kappa shape index (κ3) is 4.41. The average Bonchev–Trinajstić information content (AvgIpc) is 2.56. The highest BCUT2D eigenvalue weighted by molar-refractivity contribution is 5.24. The van der Waals surface area contributed by atoms with Gasteiger partial charge in [0, 0.05) is 37.7 Å². The third-order valence-corrected chi connectivity index (χ3v) is 3.93. The van der Waals surface area contributed by atoms with Crippen molar-refractivity contribution in [1.82, 2.24) is 19.9 Å². The summed E-state index contributed by atoms with van der Waals surface area (Å²) in [7, 11) is 0. The van der Waals surface area contributed by atoms with Crippen LogP contribution in [-0.2, 0) is 12.7 Å². The van der Waals surface area contributed by atoms with Crippen LogP contribution in [0.2, 0.25) is 0 Å². The van der Waals surface area contributed by atoms with Crippen molar-refractivity contribution in [2.75, 3.05) is 18.4 Å². The van der Waals surface area contributed by atoms with Crippen LogP contribution in [0.25, 0.3) is 0 Å². The number of nitrogens with one attached hydrogen (secondary N) is 1. The second-order valence-corrected chi connectivity index (χ2v) is 5.84. The number of alkyl halides is 3. The molecule has 128 valence electrons. The number of rotatable bonds is 4. The van der Waals surface area contributed by atoms with Gasteiger partial charge >= 0.3 is 6.18 Å². The lowest BCUT2D eigenvalue weighted by Crippen LogP contribution is -2.41. The second kappa shape index (κ2) is 7.12. The van der Waals surface area contributed by atoms with E-state index in [1.54, 1.807) is 18.5 Å². The van der Waals surface area contributed by atoms with Crippen molar-refractivity contribution in [2.45, 2.75) is 31.6 Å². The summed E-state index contributed by atoms with van der Waals surface area (Å²) in [5.41, 5.74) is -0.0784. The molecule has 0 saturated carbocycles. The van der Waals surface area contributed by atoms with Gasteiger partial charge in [-0.05, 0) is 37.1 Å². The van der Waals surface area contributed by atoms with Crippen LogP contribution in [-0.4, -0.2) is 39.0 Å². The summed E-state index contributed by atoms with van der Waals surface area (Å²) >= 11 is 0. The first kappa shape index (κ1) is 16.6. The van der Waals surface area contributed by atoms with Crippen molar-refractivity contribution in [3.05, 3.63) is 48.0 Å². The number of nitrogens with zero attached hydrogens (tertiary/aromatic N) is 4. The Labute approximate surface area is 138 Å². The topological polar surface area (TPSA) is 53.9 Å². The van der Waals surface area contributed by atoms with E-state index in [1.165, 1.54) is 12.3 Å². The van der Waals surface area contributed by atoms with Gasteiger partial charge in [-0.3, -0.25) is 9.88 Å². The van der Waals surface area contributed by atoms with Gasteiger partial charge in [0.2, 0.25) is 5.95 Å². The van der Waals surface area contributed by atoms with E-state index in [0.29, 0.717) is 12.5 Å². The van der Waals surface area contributed by atoms with Crippen molar-refractivity contribution >= 4 is 5.95 Å². The van der Waals surface area contributed by atoms with E-state index in [9.17, 15) is 13.2 Å². The van der Waals surface area contributed by atoms with Crippen molar-refractivity contribution in [3.8, 4) is 0 Å². The molecule has 0 radical (unpaired) electrons. The van der Waals surface area contributed by atoms with Gasteiger partial charge in [0.25, 0.3) is 0 Å². The summed E-state index contributed by atoms with van der Waals surface area (Å²) in [5.74, 6) is 0.598. The van der Waals surface area contributed by atoms with Crippen LogP contribution in [0.3, 0.4) is 0 Å². The Morgan fingerprint density at radius 2 is 1.96 bits per heavy atom. The summed E-state index contributed by atoms with van der Waals surface area (Å²) in [4.78, 5) is 14.0. The first-order valence-corrected chi connectivity index (χ1v) is 7.79. The normalized spacial score (nSPS) is 19.2. The summed E-state index contributed by atoms with van der Waals surface area (Å²) in [6.07, 6.45) is 2.31. The largest absolute Gasteiger partial charge is 0.433 e. The average molecular weight is 337 g/mol. The molecule has 0 spiro atoms. The smallest absolute Gasteiger partial charge is 0.350 e. The molecular formula is C16H18F3N5. The standard InChI is InChI=1S/C16H18F3N5/c17-16(18,19)14-5-4-12(9-22-14)10-24-8-1-3-13(11-24)23-15-20-6-2-7-21-15/h2,4-7,9,13H,1,3,8,10-11H2,(H,20,21,23). The van der Waals surface area contributed by atoms with Crippen LogP contribution in [0.5, 0.6) is 0 Å². The van der Waals surface area contributed by atoms with Crippen molar-refractivity contribution in [1.29, 1.82) is 0 Å². The molecule has 1 aliphatic rings. The van der Waals surface area contributed by atoms with Crippen LogP contribution in [0, 0.1) is 0 Å². The Bertz CT molecular complexity index is 645. The molecule has 1 aliphatic heterocycles. The van der Waals surface area contributed by atoms with E-state index in [2.05, 4.69) is 25.2 Å². The lowest BCUT2D eigenvalue weighted by atomic mass is 10.1. The fourth-order valence-corrected chi connectivity index (χ4v) is 2.82. The van der Waals surface area contributed by atoms with Crippen LogP contribution >= 0.6 is 0 Å². The van der Waals surface area contributed by atoms with E-state index in [0.717, 1.165) is 37.6 Å². The highest BCUT2D eigenvalue weighted by Gasteiger charge is 2.32. The maximum Gasteiger partial charge on any atom is 0.433 e. The van der Waals surface area contributed by atoms with E-state index in [1.807, 2.05) is 0 Å². The quantitative estimate of drug-likeness (QED) is 0.930. The Balaban J connectivity index is 1.57. The number of likely N-dealkylation sites (tertiary alicyclic amines) is 1. The summed E-state index contributed by atoms with van der Waals surface area (Å²) in [6.45, 7) is 2.28. The van der Waals surface area contributed by atoms with E-state index in [-0.39, 0.29) is 6.04 Å². The molecule has 5 nitrogen and oxygen atoms in total. The number of hydrogen-bond donors (Lipinski definition) is 1. The molecule has 0 amide bonds. The minimum Gasteiger partial charge on any atom is -0.350 e. The maximum atomic E-state index is 12.5. The van der Waals surface area contributed by atoms with Gasteiger partial charge in [0.05, 0.1) is 0 Å². The Kier molecular flexibility index (Phi) is 4.94.